The number of thiazole rings is 1. The summed E-state index contributed by atoms with van der Waals surface area (Å²) in [6, 6.07) is -0.456. The molecule has 2 amide bonds. The highest BCUT2D eigenvalue weighted by Gasteiger charge is 2.35. The van der Waals surface area contributed by atoms with Crippen LogP contribution in [0.25, 0.3) is 0 Å². The second-order valence-corrected chi connectivity index (χ2v) is 5.81. The molecule has 1 unspecified atom stereocenters. The average molecular weight is 298 g/mol. The first-order chi connectivity index (χ1) is 9.43. The van der Waals surface area contributed by atoms with Crippen molar-refractivity contribution in [2.75, 3.05) is 33.2 Å². The van der Waals surface area contributed by atoms with Crippen molar-refractivity contribution in [2.24, 2.45) is 0 Å². The van der Waals surface area contributed by atoms with Crippen LogP contribution in [-0.4, -0.2) is 56.0 Å². The van der Waals surface area contributed by atoms with Crippen LogP contribution in [0.2, 0.25) is 0 Å². The van der Waals surface area contributed by atoms with Crippen molar-refractivity contribution < 1.29 is 14.3 Å². The van der Waals surface area contributed by atoms with Crippen molar-refractivity contribution >= 4 is 28.3 Å². The van der Waals surface area contributed by atoms with Crippen LogP contribution >= 0.6 is 11.3 Å². The maximum Gasteiger partial charge on any atom is 0.246 e. The standard InChI is InChI=1S/C12H18N4O3S/c1-15(2)12-14-10(19-4)8(20-12)6-13-7-5-9(17)16(3)11(7)18/h7,13H,5-6H2,1-4H3. The van der Waals surface area contributed by atoms with E-state index in [1.165, 1.54) is 18.4 Å². The normalized spacial score (nSPS) is 18.8. The molecule has 1 fully saturated rings. The number of nitrogens with zero attached hydrogens (tertiary/aromatic N) is 3. The Labute approximate surface area is 121 Å². The third-order valence-electron chi connectivity index (χ3n) is 3.12. The van der Waals surface area contributed by atoms with Gasteiger partial charge >= 0.3 is 0 Å². The Kier molecular flexibility index (Phi) is 4.24. The van der Waals surface area contributed by atoms with Crippen LogP contribution in [0.15, 0.2) is 0 Å². The van der Waals surface area contributed by atoms with Crippen molar-refractivity contribution in [3.05, 3.63) is 4.88 Å². The van der Waals surface area contributed by atoms with Gasteiger partial charge in [-0.1, -0.05) is 11.3 Å². The number of hydrogen-bond acceptors (Lipinski definition) is 7. The van der Waals surface area contributed by atoms with Gasteiger partial charge in [0, 0.05) is 27.7 Å². The second-order valence-electron chi connectivity index (χ2n) is 4.75. The van der Waals surface area contributed by atoms with Crippen LogP contribution in [0.5, 0.6) is 5.88 Å². The van der Waals surface area contributed by atoms with Crippen LogP contribution in [0.4, 0.5) is 5.13 Å². The zero-order valence-electron chi connectivity index (χ0n) is 12.0. The molecular formula is C12H18N4O3S. The monoisotopic (exact) mass is 298 g/mol. The van der Waals surface area contributed by atoms with Crippen LogP contribution in [0, 0.1) is 0 Å². The molecule has 2 rings (SSSR count). The first kappa shape index (κ1) is 14.7. The number of carbonyl (C=O) groups is 2. The lowest BCUT2D eigenvalue weighted by molar-refractivity contribution is -0.137. The molecule has 1 aromatic heterocycles. The van der Waals surface area contributed by atoms with Crippen molar-refractivity contribution in [2.45, 2.75) is 19.0 Å². The lowest BCUT2D eigenvalue weighted by Crippen LogP contribution is -2.36. The molecule has 8 heteroatoms. The van der Waals surface area contributed by atoms with E-state index in [0.29, 0.717) is 12.4 Å². The summed E-state index contributed by atoms with van der Waals surface area (Å²) in [5, 5.41) is 3.93. The van der Waals surface area contributed by atoms with Gasteiger partial charge in [-0.25, -0.2) is 0 Å². The smallest absolute Gasteiger partial charge is 0.246 e. The minimum absolute atomic E-state index is 0.155. The van der Waals surface area contributed by atoms with Crippen LogP contribution in [0.3, 0.4) is 0 Å². The summed E-state index contributed by atoms with van der Waals surface area (Å²) in [4.78, 5) is 31.6. The molecule has 7 nitrogen and oxygen atoms in total. The summed E-state index contributed by atoms with van der Waals surface area (Å²) in [5.74, 6) is 0.209. The lowest BCUT2D eigenvalue weighted by atomic mass is 10.2. The van der Waals surface area contributed by atoms with Gasteiger partial charge in [-0.2, -0.15) is 4.98 Å². The average Bonchev–Trinajstić information content (AvgIpc) is 2.93. The van der Waals surface area contributed by atoms with Gasteiger partial charge in [0.2, 0.25) is 17.7 Å². The first-order valence-corrected chi connectivity index (χ1v) is 7.00. The van der Waals surface area contributed by atoms with Crippen molar-refractivity contribution in [1.82, 2.24) is 15.2 Å². The number of amides is 2. The van der Waals surface area contributed by atoms with Crippen LogP contribution < -0.4 is 15.0 Å². The maximum atomic E-state index is 11.8. The minimum atomic E-state index is -0.456. The van der Waals surface area contributed by atoms with Crippen LogP contribution in [0.1, 0.15) is 11.3 Å². The molecule has 0 aliphatic carbocycles. The topological polar surface area (TPSA) is 74.8 Å². The van der Waals surface area contributed by atoms with Crippen molar-refractivity contribution in [3.63, 3.8) is 0 Å². The molecule has 2 heterocycles. The molecular weight excluding hydrogens is 280 g/mol. The summed E-state index contributed by atoms with van der Waals surface area (Å²) in [5.41, 5.74) is 0. The van der Waals surface area contributed by atoms with E-state index in [0.717, 1.165) is 14.9 Å². The Bertz CT molecular complexity index is 529. The number of nitrogens with one attached hydrogen (secondary N) is 1. The van der Waals surface area contributed by atoms with E-state index in [-0.39, 0.29) is 18.2 Å². The van der Waals surface area contributed by atoms with Crippen LogP contribution in [-0.2, 0) is 16.1 Å². The zero-order valence-corrected chi connectivity index (χ0v) is 12.8. The van der Waals surface area contributed by atoms with E-state index in [1.54, 1.807) is 7.11 Å². The van der Waals surface area contributed by atoms with Gasteiger partial charge < -0.3 is 15.0 Å². The maximum absolute atomic E-state index is 11.8. The van der Waals surface area contributed by atoms with E-state index in [2.05, 4.69) is 10.3 Å². The number of aromatic nitrogens is 1. The Hall–Kier alpha value is -1.67. The highest BCUT2D eigenvalue weighted by molar-refractivity contribution is 7.15. The minimum Gasteiger partial charge on any atom is -0.480 e. The van der Waals surface area contributed by atoms with Gasteiger partial charge in [-0.3, -0.25) is 14.5 Å². The summed E-state index contributed by atoms with van der Waals surface area (Å²) < 4.78 is 5.23. The molecule has 0 spiro atoms. The Morgan fingerprint density at radius 2 is 2.20 bits per heavy atom. The SMILES string of the molecule is COc1nc(N(C)C)sc1CNC1CC(=O)N(C)C1=O. The number of likely N-dealkylation sites (N-methyl/N-ethyl adjacent to an activating group) is 1. The summed E-state index contributed by atoms with van der Waals surface area (Å²) in [6.07, 6.45) is 0.205. The lowest BCUT2D eigenvalue weighted by Gasteiger charge is -2.10. The second kappa shape index (κ2) is 5.76. The molecule has 0 saturated carbocycles. The summed E-state index contributed by atoms with van der Waals surface area (Å²) in [7, 11) is 6.88. The van der Waals surface area contributed by atoms with Gasteiger partial charge in [0.15, 0.2) is 5.13 Å². The highest BCUT2D eigenvalue weighted by Crippen LogP contribution is 2.30. The third kappa shape index (κ3) is 2.75. The predicted molar refractivity (Wildman–Crippen MR) is 76.0 cm³/mol. The largest absolute Gasteiger partial charge is 0.480 e. The highest BCUT2D eigenvalue weighted by atomic mass is 32.1. The number of ether oxygens (including phenoxy) is 1. The third-order valence-corrected chi connectivity index (χ3v) is 4.32. The number of hydrogen-bond donors (Lipinski definition) is 1. The molecule has 1 aliphatic heterocycles. The Morgan fingerprint density at radius 3 is 2.70 bits per heavy atom. The number of likely N-dealkylation sites (tertiary alicyclic amines) is 1. The van der Waals surface area contributed by atoms with Gasteiger partial charge in [0.25, 0.3) is 0 Å². The van der Waals surface area contributed by atoms with E-state index in [4.69, 9.17) is 4.74 Å². The van der Waals surface area contributed by atoms with Gasteiger partial charge in [0.1, 0.15) is 0 Å². The van der Waals surface area contributed by atoms with Gasteiger partial charge in [-0.05, 0) is 0 Å². The van der Waals surface area contributed by atoms with Crippen molar-refractivity contribution in [1.29, 1.82) is 0 Å². The van der Waals surface area contributed by atoms with Crippen molar-refractivity contribution in [3.8, 4) is 5.88 Å². The fourth-order valence-electron chi connectivity index (χ4n) is 1.92. The molecule has 0 bridgehead atoms. The molecule has 20 heavy (non-hydrogen) atoms. The summed E-state index contributed by atoms with van der Waals surface area (Å²) >= 11 is 1.50. The van der Waals surface area contributed by atoms with Gasteiger partial charge in [-0.15, -0.1) is 0 Å². The number of rotatable bonds is 5. The van der Waals surface area contributed by atoms with E-state index < -0.39 is 6.04 Å². The Balaban J connectivity index is 2.04. The van der Waals surface area contributed by atoms with Gasteiger partial charge in [0.05, 0.1) is 24.4 Å². The van der Waals surface area contributed by atoms with E-state index >= 15 is 0 Å². The first-order valence-electron chi connectivity index (χ1n) is 6.18. The summed E-state index contributed by atoms with van der Waals surface area (Å²) in [6.45, 7) is 0.451. The molecule has 110 valence electrons. The zero-order chi connectivity index (χ0) is 14.9. The molecule has 1 atom stereocenters. The molecule has 0 aromatic carbocycles. The fourth-order valence-corrected chi connectivity index (χ4v) is 2.82. The van der Waals surface area contributed by atoms with E-state index in [9.17, 15) is 9.59 Å². The number of anilines is 1. The molecule has 1 N–H and O–H groups in total. The van der Waals surface area contributed by atoms with E-state index in [1.807, 2.05) is 19.0 Å². The quantitative estimate of drug-likeness (QED) is 0.775. The molecule has 1 aromatic rings. The number of carbonyl (C=O) groups excluding carboxylic acids is 2. The fraction of sp³-hybridized carbons (Fsp3) is 0.583. The predicted octanol–water partition coefficient (Wildman–Crippen LogP) is 0.0646. The molecule has 0 radical (unpaired) electrons. The molecule has 1 saturated heterocycles. The molecule has 1 aliphatic rings. The number of imide groups is 1. The Morgan fingerprint density at radius 1 is 1.50 bits per heavy atom. The number of methoxy groups -OCH3 is 1.